The zero-order chi connectivity index (χ0) is 21.9. The first-order chi connectivity index (χ1) is 13.3. The van der Waals surface area contributed by atoms with E-state index in [4.69, 9.17) is 5.14 Å². The van der Waals surface area contributed by atoms with E-state index in [-0.39, 0.29) is 0 Å². The van der Waals surface area contributed by atoms with E-state index in [0.29, 0.717) is 25.3 Å². The third-order valence-electron chi connectivity index (χ3n) is 3.83. The maximum absolute atomic E-state index is 13.0. The van der Waals surface area contributed by atoms with Crippen molar-refractivity contribution in [2.24, 2.45) is 5.14 Å². The number of aryl methyl sites for hydroxylation is 1. The SMILES string of the molecule is NS(=O)(=O)c1ccc(N[C@H](S)CCCc2ccccn2)c(S(=O)(=O)C(F)(F)F)c1. The molecule has 0 amide bonds. The number of hydrogen-bond donors (Lipinski definition) is 3. The van der Waals surface area contributed by atoms with Crippen molar-refractivity contribution < 1.29 is 30.0 Å². The highest BCUT2D eigenvalue weighted by molar-refractivity contribution is 7.92. The lowest BCUT2D eigenvalue weighted by Crippen LogP contribution is -2.26. The summed E-state index contributed by atoms with van der Waals surface area (Å²) in [6, 6.07) is 7.62. The summed E-state index contributed by atoms with van der Waals surface area (Å²) in [4.78, 5) is 2.16. The molecule has 2 aromatic rings. The van der Waals surface area contributed by atoms with E-state index >= 15 is 0 Å². The average molecular weight is 470 g/mol. The summed E-state index contributed by atoms with van der Waals surface area (Å²) in [6.45, 7) is 0. The smallest absolute Gasteiger partial charge is 0.372 e. The number of sulfonamides is 1. The summed E-state index contributed by atoms with van der Waals surface area (Å²) < 4.78 is 85.8. The second kappa shape index (κ2) is 8.90. The van der Waals surface area contributed by atoms with Crippen LogP contribution in [0.1, 0.15) is 18.5 Å². The largest absolute Gasteiger partial charge is 0.501 e. The zero-order valence-corrected chi connectivity index (χ0v) is 17.3. The minimum Gasteiger partial charge on any atom is -0.372 e. The van der Waals surface area contributed by atoms with Gasteiger partial charge in [-0.15, -0.1) is 0 Å². The van der Waals surface area contributed by atoms with Crippen molar-refractivity contribution in [3.8, 4) is 0 Å². The van der Waals surface area contributed by atoms with Crippen LogP contribution in [0.4, 0.5) is 18.9 Å². The molecule has 0 unspecified atom stereocenters. The molecule has 0 spiro atoms. The van der Waals surface area contributed by atoms with Crippen molar-refractivity contribution in [2.75, 3.05) is 5.32 Å². The molecule has 3 N–H and O–H groups in total. The molecule has 0 aliphatic carbocycles. The Morgan fingerprint density at radius 2 is 1.83 bits per heavy atom. The second-order valence-corrected chi connectivity index (χ2v) is 10.1. The predicted molar refractivity (Wildman–Crippen MR) is 105 cm³/mol. The van der Waals surface area contributed by atoms with E-state index in [1.807, 2.05) is 12.1 Å². The van der Waals surface area contributed by atoms with E-state index in [1.54, 1.807) is 12.3 Å². The van der Waals surface area contributed by atoms with Gasteiger partial charge >= 0.3 is 5.51 Å². The first kappa shape index (κ1) is 23.4. The number of nitrogens with zero attached hydrogens (tertiary/aromatic N) is 1. The van der Waals surface area contributed by atoms with Crippen LogP contribution in [-0.4, -0.2) is 32.7 Å². The number of pyridine rings is 1. The molecule has 0 saturated heterocycles. The van der Waals surface area contributed by atoms with E-state index in [1.165, 1.54) is 0 Å². The van der Waals surface area contributed by atoms with Crippen molar-refractivity contribution >= 4 is 38.2 Å². The van der Waals surface area contributed by atoms with Gasteiger partial charge < -0.3 is 5.32 Å². The fourth-order valence-corrected chi connectivity index (χ4v) is 4.30. The third kappa shape index (κ3) is 6.07. The number of alkyl halides is 3. The van der Waals surface area contributed by atoms with Gasteiger partial charge in [-0.2, -0.15) is 25.8 Å². The van der Waals surface area contributed by atoms with Crippen molar-refractivity contribution in [1.29, 1.82) is 0 Å². The van der Waals surface area contributed by atoms with Crippen LogP contribution in [0.15, 0.2) is 52.4 Å². The molecule has 0 saturated carbocycles. The number of sulfone groups is 1. The second-order valence-electron chi connectivity index (χ2n) is 6.03. The van der Waals surface area contributed by atoms with Gasteiger partial charge in [0.1, 0.15) is 4.90 Å². The van der Waals surface area contributed by atoms with Gasteiger partial charge in [0.15, 0.2) is 0 Å². The number of primary sulfonamides is 1. The van der Waals surface area contributed by atoms with Gasteiger partial charge in [-0.05, 0) is 49.6 Å². The van der Waals surface area contributed by atoms with Gasteiger partial charge in [-0.25, -0.2) is 22.0 Å². The number of benzene rings is 1. The van der Waals surface area contributed by atoms with Gasteiger partial charge in [0.25, 0.3) is 9.84 Å². The van der Waals surface area contributed by atoms with Crippen molar-refractivity contribution in [2.45, 2.75) is 39.9 Å². The summed E-state index contributed by atoms with van der Waals surface area (Å²) in [5.41, 5.74) is -5.22. The summed E-state index contributed by atoms with van der Waals surface area (Å²) in [5, 5.41) is 6.79. The number of halogens is 3. The van der Waals surface area contributed by atoms with Gasteiger partial charge in [-0.1, -0.05) is 6.07 Å². The van der Waals surface area contributed by atoms with Crippen LogP contribution < -0.4 is 10.5 Å². The van der Waals surface area contributed by atoms with Crippen LogP contribution in [0, 0.1) is 0 Å². The highest BCUT2D eigenvalue weighted by Crippen LogP contribution is 2.36. The van der Waals surface area contributed by atoms with Crippen molar-refractivity contribution in [3.05, 3.63) is 48.3 Å². The Bertz CT molecular complexity index is 1060. The molecule has 1 aromatic carbocycles. The number of rotatable bonds is 8. The maximum Gasteiger partial charge on any atom is 0.501 e. The standard InChI is InChI=1S/C16H18F3N3O4S3/c17-16(18,19)28(23,24)14-10-12(29(20,25)26)7-8-13(14)22-15(27)6-3-5-11-4-1-2-9-21-11/h1-2,4,7-10,15,22,27H,3,5-6H2,(H2,20,25,26)/t15-/m1/s1. The normalized spacial score (nSPS) is 13.8. The molecule has 0 aliphatic rings. The molecule has 1 aromatic heterocycles. The number of nitrogens with one attached hydrogen (secondary N) is 1. The van der Waals surface area contributed by atoms with E-state index in [9.17, 15) is 30.0 Å². The van der Waals surface area contributed by atoms with Crippen LogP contribution in [0.2, 0.25) is 0 Å². The highest BCUT2D eigenvalue weighted by Gasteiger charge is 2.48. The lowest BCUT2D eigenvalue weighted by molar-refractivity contribution is -0.0435. The summed E-state index contributed by atoms with van der Waals surface area (Å²) in [5.74, 6) is 0. The zero-order valence-electron chi connectivity index (χ0n) is 14.8. The predicted octanol–water partition coefficient (Wildman–Crippen LogP) is 2.71. The fraction of sp³-hybridized carbons (Fsp3) is 0.312. The maximum atomic E-state index is 13.0. The van der Waals surface area contributed by atoms with Gasteiger partial charge in [0, 0.05) is 11.9 Å². The molecular weight excluding hydrogens is 451 g/mol. The summed E-state index contributed by atoms with van der Waals surface area (Å²) in [6.07, 6.45) is 3.18. The average Bonchev–Trinajstić information content (AvgIpc) is 2.61. The third-order valence-corrected chi connectivity index (χ3v) is 6.66. The van der Waals surface area contributed by atoms with E-state index < -0.39 is 46.2 Å². The lowest BCUT2D eigenvalue weighted by atomic mass is 10.1. The Morgan fingerprint density at radius 3 is 2.38 bits per heavy atom. The molecule has 7 nitrogen and oxygen atoms in total. The monoisotopic (exact) mass is 469 g/mol. The quantitative estimate of drug-likeness (QED) is 0.404. The highest BCUT2D eigenvalue weighted by atomic mass is 32.2. The molecule has 0 bridgehead atoms. The Hall–Kier alpha value is -1.83. The molecule has 2 rings (SSSR count). The molecule has 1 atom stereocenters. The summed E-state index contributed by atoms with van der Waals surface area (Å²) >= 11 is 4.24. The molecule has 13 heteroatoms. The summed E-state index contributed by atoms with van der Waals surface area (Å²) in [7, 11) is -10.2. The molecule has 0 fully saturated rings. The van der Waals surface area contributed by atoms with Gasteiger partial charge in [-0.3, -0.25) is 4.98 Å². The number of thiol groups is 1. The Morgan fingerprint density at radius 1 is 1.14 bits per heavy atom. The molecular formula is C16H18F3N3O4S3. The number of hydrogen-bond acceptors (Lipinski definition) is 7. The molecule has 1 heterocycles. The molecule has 0 radical (unpaired) electrons. The van der Waals surface area contributed by atoms with Crippen LogP contribution in [0.25, 0.3) is 0 Å². The fourth-order valence-electron chi connectivity index (χ4n) is 2.42. The Balaban J connectivity index is 2.25. The van der Waals surface area contributed by atoms with Crippen molar-refractivity contribution in [1.82, 2.24) is 4.98 Å². The first-order valence-corrected chi connectivity index (χ1v) is 11.7. The van der Waals surface area contributed by atoms with E-state index in [2.05, 4.69) is 22.9 Å². The van der Waals surface area contributed by atoms with Crippen LogP contribution in [0.5, 0.6) is 0 Å². The minimum absolute atomic E-state index is 0.377. The van der Waals surface area contributed by atoms with Crippen LogP contribution in [0.3, 0.4) is 0 Å². The van der Waals surface area contributed by atoms with Gasteiger partial charge in [0.05, 0.1) is 16.0 Å². The number of nitrogens with two attached hydrogens (primary N) is 1. The van der Waals surface area contributed by atoms with Crippen LogP contribution >= 0.6 is 12.6 Å². The Labute approximate surface area is 171 Å². The Kier molecular flexibility index (Phi) is 7.19. The number of anilines is 1. The molecule has 160 valence electrons. The lowest BCUT2D eigenvalue weighted by Gasteiger charge is -2.19. The topological polar surface area (TPSA) is 119 Å². The molecule has 0 aliphatic heterocycles. The minimum atomic E-state index is -5.83. The van der Waals surface area contributed by atoms with Gasteiger partial charge in [0.2, 0.25) is 10.0 Å². The van der Waals surface area contributed by atoms with Crippen LogP contribution in [-0.2, 0) is 26.3 Å². The number of aromatic nitrogens is 1. The van der Waals surface area contributed by atoms with Crippen molar-refractivity contribution in [3.63, 3.8) is 0 Å². The molecule has 29 heavy (non-hydrogen) atoms. The first-order valence-electron chi connectivity index (χ1n) is 8.15. The van der Waals surface area contributed by atoms with E-state index in [0.717, 1.165) is 17.8 Å².